The van der Waals surface area contributed by atoms with E-state index in [2.05, 4.69) is 22.7 Å². The zero-order chi connectivity index (χ0) is 14.0. The zero-order valence-electron chi connectivity index (χ0n) is 9.09. The van der Waals surface area contributed by atoms with Crippen LogP contribution in [-0.4, -0.2) is 36.2 Å². The minimum Gasteiger partial charge on any atom is -0.389 e. The van der Waals surface area contributed by atoms with E-state index in [-0.39, 0.29) is 13.0 Å². The lowest BCUT2D eigenvalue weighted by Gasteiger charge is -2.20. The summed E-state index contributed by atoms with van der Waals surface area (Å²) < 4.78 is 54.6. The third kappa shape index (κ3) is 3.35. The standard InChI is InChI=1S/C9H11F4NO3S/c10-8(2-1-3-14-8)7(16)17-6(15)5(4-18)9(11,12)13/h5,14,18H,1-4H2/t5?,8-/m0/s1. The van der Waals surface area contributed by atoms with E-state index in [1.54, 1.807) is 0 Å². The van der Waals surface area contributed by atoms with Crippen molar-refractivity contribution in [1.82, 2.24) is 5.32 Å². The van der Waals surface area contributed by atoms with Crippen LogP contribution in [0.15, 0.2) is 0 Å². The lowest BCUT2D eigenvalue weighted by atomic mass is 10.1. The Bertz CT molecular complexity index is 341. The number of rotatable bonds is 3. The van der Waals surface area contributed by atoms with Gasteiger partial charge >= 0.3 is 18.1 Å². The molecule has 2 atom stereocenters. The van der Waals surface area contributed by atoms with Gasteiger partial charge in [-0.05, 0) is 13.0 Å². The van der Waals surface area contributed by atoms with E-state index in [1.165, 1.54) is 0 Å². The molecule has 0 bridgehead atoms. The fourth-order valence-electron chi connectivity index (χ4n) is 1.44. The van der Waals surface area contributed by atoms with Crippen molar-refractivity contribution in [2.24, 2.45) is 5.92 Å². The van der Waals surface area contributed by atoms with Gasteiger partial charge in [-0.2, -0.15) is 25.8 Å². The van der Waals surface area contributed by atoms with E-state index in [9.17, 15) is 27.2 Å². The van der Waals surface area contributed by atoms with Crippen molar-refractivity contribution in [3.63, 3.8) is 0 Å². The number of thiol groups is 1. The number of nitrogens with one attached hydrogen (secondary N) is 1. The Labute approximate surface area is 105 Å². The molecule has 9 heteroatoms. The van der Waals surface area contributed by atoms with Crippen molar-refractivity contribution >= 4 is 24.6 Å². The van der Waals surface area contributed by atoms with Gasteiger partial charge in [0.05, 0.1) is 0 Å². The second-order valence-electron chi connectivity index (χ2n) is 3.82. The molecule has 1 heterocycles. The molecule has 18 heavy (non-hydrogen) atoms. The van der Waals surface area contributed by atoms with Crippen LogP contribution in [0.25, 0.3) is 0 Å². The van der Waals surface area contributed by atoms with E-state index >= 15 is 0 Å². The molecule has 1 unspecified atom stereocenters. The molecule has 0 aromatic rings. The first-order valence-electron chi connectivity index (χ1n) is 5.08. The molecule has 0 aromatic heterocycles. The Hall–Kier alpha value is -0.830. The van der Waals surface area contributed by atoms with Gasteiger partial charge < -0.3 is 4.74 Å². The Balaban J connectivity index is 2.67. The molecule has 1 fully saturated rings. The highest BCUT2D eigenvalue weighted by Gasteiger charge is 2.49. The topological polar surface area (TPSA) is 55.4 Å². The van der Waals surface area contributed by atoms with Crippen molar-refractivity contribution in [3.8, 4) is 0 Å². The molecular formula is C9H11F4NO3S. The number of carbonyl (C=O) groups excluding carboxylic acids is 2. The lowest BCUT2D eigenvalue weighted by Crippen LogP contribution is -2.47. The maximum absolute atomic E-state index is 13.7. The van der Waals surface area contributed by atoms with Gasteiger partial charge in [-0.15, -0.1) is 0 Å². The number of halogens is 4. The molecule has 1 aliphatic heterocycles. The van der Waals surface area contributed by atoms with Crippen LogP contribution in [0.4, 0.5) is 17.6 Å². The third-order valence-electron chi connectivity index (χ3n) is 2.48. The summed E-state index contributed by atoms with van der Waals surface area (Å²) in [6.45, 7) is 0.190. The fourth-order valence-corrected chi connectivity index (χ4v) is 1.79. The summed E-state index contributed by atoms with van der Waals surface area (Å²) in [5.41, 5.74) is 0. The number of ether oxygens (including phenoxy) is 1. The Morgan fingerprint density at radius 1 is 1.44 bits per heavy atom. The highest BCUT2D eigenvalue weighted by molar-refractivity contribution is 7.80. The first kappa shape index (κ1) is 15.2. The van der Waals surface area contributed by atoms with Crippen molar-refractivity contribution in [1.29, 1.82) is 0 Å². The molecule has 1 rings (SSSR count). The quantitative estimate of drug-likeness (QED) is 0.270. The van der Waals surface area contributed by atoms with E-state index in [1.807, 2.05) is 0 Å². The van der Waals surface area contributed by atoms with Crippen LogP contribution in [-0.2, 0) is 14.3 Å². The average molecular weight is 289 g/mol. The van der Waals surface area contributed by atoms with E-state index in [4.69, 9.17) is 0 Å². The van der Waals surface area contributed by atoms with Crippen LogP contribution in [0.3, 0.4) is 0 Å². The monoisotopic (exact) mass is 289 g/mol. The van der Waals surface area contributed by atoms with Gasteiger partial charge in [0.2, 0.25) is 0 Å². The van der Waals surface area contributed by atoms with Crippen LogP contribution in [0.1, 0.15) is 12.8 Å². The maximum Gasteiger partial charge on any atom is 0.403 e. The number of hydrogen-bond acceptors (Lipinski definition) is 5. The zero-order valence-corrected chi connectivity index (χ0v) is 9.98. The number of esters is 2. The predicted octanol–water partition coefficient (Wildman–Crippen LogP) is 1.21. The summed E-state index contributed by atoms with van der Waals surface area (Å²) in [6, 6.07) is 0. The molecule has 0 aromatic carbocycles. The minimum absolute atomic E-state index is 0.190. The predicted molar refractivity (Wildman–Crippen MR) is 55.6 cm³/mol. The molecule has 1 N–H and O–H groups in total. The maximum atomic E-state index is 13.7. The van der Waals surface area contributed by atoms with Crippen LogP contribution < -0.4 is 5.32 Å². The Morgan fingerprint density at radius 3 is 2.44 bits per heavy atom. The molecule has 1 aliphatic rings. The molecule has 4 nitrogen and oxygen atoms in total. The lowest BCUT2D eigenvalue weighted by molar-refractivity contribution is -0.198. The SMILES string of the molecule is O=C(OC(=O)[C@]1(F)CCCN1)C(CS)C(F)(F)F. The molecule has 104 valence electrons. The van der Waals surface area contributed by atoms with Crippen LogP contribution >= 0.6 is 12.6 Å². The van der Waals surface area contributed by atoms with Gasteiger partial charge in [0.15, 0.2) is 5.92 Å². The first-order valence-corrected chi connectivity index (χ1v) is 5.71. The fraction of sp³-hybridized carbons (Fsp3) is 0.778. The van der Waals surface area contributed by atoms with E-state index in [0.717, 1.165) is 0 Å². The summed E-state index contributed by atoms with van der Waals surface area (Å²) >= 11 is 3.36. The second-order valence-corrected chi connectivity index (χ2v) is 4.18. The smallest absolute Gasteiger partial charge is 0.389 e. The number of hydrogen-bond donors (Lipinski definition) is 2. The molecule has 0 aliphatic carbocycles. The van der Waals surface area contributed by atoms with Gasteiger partial charge in [0, 0.05) is 12.2 Å². The van der Waals surface area contributed by atoms with E-state index in [0.29, 0.717) is 6.42 Å². The van der Waals surface area contributed by atoms with Crippen LogP contribution in [0, 0.1) is 5.92 Å². The van der Waals surface area contributed by atoms with Crippen LogP contribution in [0.5, 0.6) is 0 Å². The molecular weight excluding hydrogens is 278 g/mol. The normalized spacial score (nSPS) is 25.8. The third-order valence-corrected chi connectivity index (χ3v) is 2.85. The summed E-state index contributed by atoms with van der Waals surface area (Å²) in [5.74, 6) is -9.48. The molecule has 0 radical (unpaired) electrons. The van der Waals surface area contributed by atoms with Gasteiger partial charge in [-0.1, -0.05) is 0 Å². The number of alkyl halides is 4. The summed E-state index contributed by atoms with van der Waals surface area (Å²) in [5, 5.41) is 2.14. The highest BCUT2D eigenvalue weighted by atomic mass is 32.1. The van der Waals surface area contributed by atoms with Gasteiger partial charge in [0.25, 0.3) is 5.79 Å². The summed E-state index contributed by atoms with van der Waals surface area (Å²) in [6.07, 6.45) is -4.79. The van der Waals surface area contributed by atoms with E-state index < -0.39 is 35.6 Å². The largest absolute Gasteiger partial charge is 0.403 e. The van der Waals surface area contributed by atoms with Crippen molar-refractivity contribution in [2.75, 3.05) is 12.3 Å². The summed E-state index contributed by atoms with van der Waals surface area (Å²) in [4.78, 5) is 22.4. The Kier molecular flexibility index (Phi) is 4.60. The summed E-state index contributed by atoms with van der Waals surface area (Å²) in [7, 11) is 0. The van der Waals surface area contributed by atoms with Crippen LogP contribution in [0.2, 0.25) is 0 Å². The molecule has 1 saturated heterocycles. The van der Waals surface area contributed by atoms with Gasteiger partial charge in [0.1, 0.15) is 0 Å². The number of carbonyl (C=O) groups is 2. The van der Waals surface area contributed by atoms with Crippen molar-refractivity contribution < 1.29 is 31.9 Å². The first-order chi connectivity index (χ1) is 8.20. The molecule has 0 saturated carbocycles. The molecule has 0 spiro atoms. The van der Waals surface area contributed by atoms with Gasteiger partial charge in [-0.25, -0.2) is 9.18 Å². The van der Waals surface area contributed by atoms with Crippen molar-refractivity contribution in [2.45, 2.75) is 24.8 Å². The highest BCUT2D eigenvalue weighted by Crippen LogP contribution is 2.29. The van der Waals surface area contributed by atoms with Crippen molar-refractivity contribution in [3.05, 3.63) is 0 Å². The van der Waals surface area contributed by atoms with Gasteiger partial charge in [-0.3, -0.25) is 10.1 Å². The average Bonchev–Trinajstić information content (AvgIpc) is 2.65. The second kappa shape index (κ2) is 5.43. The molecule has 0 amide bonds. The Morgan fingerprint density at radius 2 is 2.06 bits per heavy atom. The minimum atomic E-state index is -4.88.